The smallest absolute Gasteiger partial charge is 0.407 e. The predicted molar refractivity (Wildman–Crippen MR) is 61.7 cm³/mol. The lowest BCUT2D eigenvalue weighted by atomic mass is 10.0. The molecule has 1 rings (SSSR count). The molecule has 1 aliphatic rings. The number of alkyl carbamates (subject to hydrolysis) is 1. The SMILES string of the molecule is CC(C)(C)OC(=O)NC[C@@]1(O)CC[S@](=O)C1. The average Bonchev–Trinajstić information content (AvgIpc) is 2.41. The predicted octanol–water partition coefficient (Wildman–Crippen LogP) is 0.395. The molecule has 0 bridgehead atoms. The van der Waals surface area contributed by atoms with E-state index in [-0.39, 0.29) is 12.3 Å². The van der Waals surface area contributed by atoms with Crippen LogP contribution in [0.2, 0.25) is 0 Å². The van der Waals surface area contributed by atoms with Gasteiger partial charge in [0, 0.05) is 16.6 Å². The van der Waals surface area contributed by atoms with Crippen LogP contribution in [0, 0.1) is 0 Å². The molecule has 5 nitrogen and oxygen atoms in total. The molecule has 0 aliphatic carbocycles. The molecule has 2 N–H and O–H groups in total. The van der Waals surface area contributed by atoms with Gasteiger partial charge in [0.25, 0.3) is 0 Å². The molecule has 0 radical (unpaired) electrons. The van der Waals surface area contributed by atoms with Crippen molar-refractivity contribution in [2.24, 2.45) is 0 Å². The van der Waals surface area contributed by atoms with Crippen molar-refractivity contribution in [1.29, 1.82) is 0 Å². The largest absolute Gasteiger partial charge is 0.444 e. The normalized spacial score (nSPS) is 30.1. The van der Waals surface area contributed by atoms with E-state index >= 15 is 0 Å². The van der Waals surface area contributed by atoms with Crippen LogP contribution < -0.4 is 5.32 Å². The Bertz CT molecular complexity index is 300. The summed E-state index contributed by atoms with van der Waals surface area (Å²) in [5, 5.41) is 12.4. The minimum Gasteiger partial charge on any atom is -0.444 e. The van der Waals surface area contributed by atoms with Crippen LogP contribution >= 0.6 is 0 Å². The summed E-state index contributed by atoms with van der Waals surface area (Å²) in [6.45, 7) is 5.40. The molecular formula is C10H19NO4S. The maximum Gasteiger partial charge on any atom is 0.407 e. The van der Waals surface area contributed by atoms with Crippen LogP contribution in [0.1, 0.15) is 27.2 Å². The van der Waals surface area contributed by atoms with Crippen LogP contribution in [0.4, 0.5) is 4.79 Å². The Balaban J connectivity index is 2.35. The molecule has 94 valence electrons. The number of amides is 1. The summed E-state index contributed by atoms with van der Waals surface area (Å²) in [7, 11) is -0.968. The highest BCUT2D eigenvalue weighted by Gasteiger charge is 2.36. The Labute approximate surface area is 98.0 Å². The second-order valence-electron chi connectivity index (χ2n) is 5.12. The maximum absolute atomic E-state index is 11.3. The van der Waals surface area contributed by atoms with E-state index in [2.05, 4.69) is 5.32 Å². The first-order valence-electron chi connectivity index (χ1n) is 5.24. The van der Waals surface area contributed by atoms with Crippen molar-refractivity contribution < 1.29 is 18.8 Å². The zero-order valence-electron chi connectivity index (χ0n) is 9.91. The molecule has 1 aliphatic heterocycles. The van der Waals surface area contributed by atoms with E-state index in [4.69, 9.17) is 4.74 Å². The number of aliphatic hydroxyl groups is 1. The molecule has 0 spiro atoms. The Morgan fingerprint density at radius 3 is 2.62 bits per heavy atom. The van der Waals surface area contributed by atoms with Gasteiger partial charge in [0.05, 0.1) is 17.9 Å². The third kappa shape index (κ3) is 4.49. The van der Waals surface area contributed by atoms with Crippen molar-refractivity contribution in [3.8, 4) is 0 Å². The second kappa shape index (κ2) is 4.71. The number of nitrogens with one attached hydrogen (secondary N) is 1. The molecule has 0 aromatic carbocycles. The van der Waals surface area contributed by atoms with Crippen LogP contribution in [0.15, 0.2) is 0 Å². The van der Waals surface area contributed by atoms with E-state index in [9.17, 15) is 14.1 Å². The first-order chi connectivity index (χ1) is 7.20. The summed E-state index contributed by atoms with van der Waals surface area (Å²) in [5.74, 6) is 0.718. The van der Waals surface area contributed by atoms with E-state index in [1.165, 1.54) is 0 Å². The lowest BCUT2D eigenvalue weighted by Gasteiger charge is -2.24. The van der Waals surface area contributed by atoms with Gasteiger partial charge in [0.2, 0.25) is 0 Å². The van der Waals surface area contributed by atoms with E-state index in [1.54, 1.807) is 20.8 Å². The summed E-state index contributed by atoms with van der Waals surface area (Å²) < 4.78 is 16.2. The zero-order chi connectivity index (χ0) is 12.4. The fourth-order valence-electron chi connectivity index (χ4n) is 1.44. The molecule has 0 unspecified atom stereocenters. The Hall–Kier alpha value is -0.620. The average molecular weight is 249 g/mol. The van der Waals surface area contributed by atoms with Gasteiger partial charge in [-0.2, -0.15) is 0 Å². The summed E-state index contributed by atoms with van der Waals surface area (Å²) in [6.07, 6.45) is -0.103. The quantitative estimate of drug-likeness (QED) is 0.742. The van der Waals surface area contributed by atoms with Gasteiger partial charge in [-0.25, -0.2) is 4.79 Å². The van der Waals surface area contributed by atoms with Crippen LogP contribution in [0.5, 0.6) is 0 Å². The molecule has 1 heterocycles. The van der Waals surface area contributed by atoms with Crippen molar-refractivity contribution in [1.82, 2.24) is 5.32 Å². The topological polar surface area (TPSA) is 75.6 Å². The Morgan fingerprint density at radius 2 is 2.19 bits per heavy atom. The van der Waals surface area contributed by atoms with Gasteiger partial charge in [0.1, 0.15) is 5.60 Å². The summed E-state index contributed by atoms with van der Waals surface area (Å²) in [6, 6.07) is 0. The van der Waals surface area contributed by atoms with Crippen molar-refractivity contribution in [2.75, 3.05) is 18.1 Å². The van der Waals surface area contributed by atoms with E-state index in [0.29, 0.717) is 12.2 Å². The van der Waals surface area contributed by atoms with E-state index in [0.717, 1.165) is 0 Å². The van der Waals surface area contributed by atoms with Crippen LogP contribution in [-0.4, -0.2) is 44.7 Å². The molecule has 0 aromatic rings. The van der Waals surface area contributed by atoms with Gasteiger partial charge in [-0.15, -0.1) is 0 Å². The fraction of sp³-hybridized carbons (Fsp3) is 0.900. The third-order valence-electron chi connectivity index (χ3n) is 2.19. The van der Waals surface area contributed by atoms with Gasteiger partial charge in [-0.1, -0.05) is 0 Å². The fourth-order valence-corrected chi connectivity index (χ4v) is 3.04. The molecular weight excluding hydrogens is 230 g/mol. The molecule has 6 heteroatoms. The Kier molecular flexibility index (Phi) is 3.96. The maximum atomic E-state index is 11.3. The van der Waals surface area contributed by atoms with Crippen molar-refractivity contribution in [2.45, 2.75) is 38.4 Å². The molecule has 1 amide bonds. The van der Waals surface area contributed by atoms with Crippen molar-refractivity contribution in [3.05, 3.63) is 0 Å². The number of carbonyl (C=O) groups is 1. The number of rotatable bonds is 2. The molecule has 2 atom stereocenters. The second-order valence-corrected chi connectivity index (χ2v) is 6.69. The number of hydrogen-bond donors (Lipinski definition) is 2. The highest BCUT2D eigenvalue weighted by Crippen LogP contribution is 2.19. The van der Waals surface area contributed by atoms with Gasteiger partial charge in [-0.3, -0.25) is 4.21 Å². The lowest BCUT2D eigenvalue weighted by molar-refractivity contribution is 0.0360. The minimum atomic E-state index is -1.04. The standard InChI is InChI=1S/C10H19NO4S/c1-9(2,3)15-8(12)11-6-10(13)4-5-16(14)7-10/h13H,4-7H2,1-3H3,(H,11,12)/t10-,16-/m0/s1. The van der Waals surface area contributed by atoms with Crippen LogP contribution in [0.3, 0.4) is 0 Å². The number of ether oxygens (including phenoxy) is 1. The molecule has 1 fully saturated rings. The van der Waals surface area contributed by atoms with Gasteiger partial charge in [0.15, 0.2) is 0 Å². The van der Waals surface area contributed by atoms with Gasteiger partial charge >= 0.3 is 6.09 Å². The first-order valence-corrected chi connectivity index (χ1v) is 6.73. The van der Waals surface area contributed by atoms with E-state index in [1.807, 2.05) is 0 Å². The zero-order valence-corrected chi connectivity index (χ0v) is 10.7. The number of carbonyl (C=O) groups excluding carboxylic acids is 1. The Morgan fingerprint density at radius 1 is 1.56 bits per heavy atom. The minimum absolute atomic E-state index is 0.0909. The molecule has 0 aromatic heterocycles. The van der Waals surface area contributed by atoms with Gasteiger partial charge in [-0.05, 0) is 27.2 Å². The molecule has 16 heavy (non-hydrogen) atoms. The number of hydrogen-bond acceptors (Lipinski definition) is 4. The van der Waals surface area contributed by atoms with E-state index < -0.39 is 28.1 Å². The third-order valence-corrected chi connectivity index (χ3v) is 3.70. The lowest BCUT2D eigenvalue weighted by Crippen LogP contribution is -2.45. The summed E-state index contributed by atoms with van der Waals surface area (Å²) >= 11 is 0. The van der Waals surface area contributed by atoms with Crippen LogP contribution in [0.25, 0.3) is 0 Å². The monoisotopic (exact) mass is 249 g/mol. The molecule has 0 saturated carbocycles. The molecule has 1 saturated heterocycles. The van der Waals surface area contributed by atoms with Crippen molar-refractivity contribution >= 4 is 16.9 Å². The highest BCUT2D eigenvalue weighted by atomic mass is 32.2. The van der Waals surface area contributed by atoms with Crippen molar-refractivity contribution in [3.63, 3.8) is 0 Å². The highest BCUT2D eigenvalue weighted by molar-refractivity contribution is 7.85. The van der Waals surface area contributed by atoms with Crippen LogP contribution in [-0.2, 0) is 15.5 Å². The van der Waals surface area contributed by atoms with Gasteiger partial charge < -0.3 is 15.2 Å². The summed E-state index contributed by atoms with van der Waals surface area (Å²) in [4.78, 5) is 11.3. The first kappa shape index (κ1) is 13.4. The summed E-state index contributed by atoms with van der Waals surface area (Å²) in [5.41, 5.74) is -1.59.